The molecule has 0 bridgehead atoms. The third kappa shape index (κ3) is 5.20. The van der Waals surface area contributed by atoms with Gasteiger partial charge < -0.3 is 4.74 Å². The Kier molecular flexibility index (Phi) is 7.10. The summed E-state index contributed by atoms with van der Waals surface area (Å²) >= 11 is 0. The Morgan fingerprint density at radius 2 is 1.55 bits per heavy atom. The summed E-state index contributed by atoms with van der Waals surface area (Å²) in [5, 5.41) is 0. The van der Waals surface area contributed by atoms with Gasteiger partial charge in [-0.15, -0.1) is 0 Å². The number of rotatable bonds is 6. The van der Waals surface area contributed by atoms with E-state index in [4.69, 9.17) is 0 Å². The molecule has 2 aliphatic rings. The molecule has 2 nitrogen and oxygen atoms in total. The van der Waals surface area contributed by atoms with E-state index in [-0.39, 0.29) is 5.92 Å². The van der Waals surface area contributed by atoms with Crippen molar-refractivity contribution in [3.8, 4) is 0 Å². The van der Waals surface area contributed by atoms with Crippen LogP contribution in [0.2, 0.25) is 0 Å². The number of hydrogen-bond donors (Lipinski definition) is 0. The van der Waals surface area contributed by atoms with Gasteiger partial charge in [0.15, 0.2) is 6.61 Å². The van der Waals surface area contributed by atoms with E-state index in [1.54, 1.807) is 0 Å². The molecule has 2 saturated carbocycles. The van der Waals surface area contributed by atoms with Gasteiger partial charge in [-0.25, -0.2) is 8.78 Å². The van der Waals surface area contributed by atoms with Crippen molar-refractivity contribution >= 4 is 5.97 Å². The van der Waals surface area contributed by atoms with E-state index in [0.29, 0.717) is 0 Å². The second-order valence-corrected chi connectivity index (χ2v) is 7.20. The predicted molar refractivity (Wildman–Crippen MR) is 82.8 cm³/mol. The summed E-state index contributed by atoms with van der Waals surface area (Å²) in [6.07, 6.45) is 9.31. The van der Waals surface area contributed by atoms with Crippen molar-refractivity contribution in [2.45, 2.75) is 77.6 Å². The van der Waals surface area contributed by atoms with E-state index in [1.165, 1.54) is 38.5 Å². The Labute approximate surface area is 133 Å². The minimum absolute atomic E-state index is 0.147. The largest absolute Gasteiger partial charge is 0.459 e. The summed E-state index contributed by atoms with van der Waals surface area (Å²) in [7, 11) is 0. The third-order valence-corrected chi connectivity index (χ3v) is 5.71. The molecule has 128 valence electrons. The minimum Gasteiger partial charge on any atom is -0.459 e. The van der Waals surface area contributed by atoms with Crippen LogP contribution < -0.4 is 0 Å². The quantitative estimate of drug-likeness (QED) is 0.629. The second kappa shape index (κ2) is 8.83. The van der Waals surface area contributed by atoms with Gasteiger partial charge in [-0.1, -0.05) is 32.6 Å². The average molecular weight is 316 g/mol. The lowest BCUT2D eigenvalue weighted by Gasteiger charge is -2.37. The number of ether oxygens (including phenoxy) is 1. The molecule has 0 radical (unpaired) electrons. The smallest absolute Gasteiger partial charge is 0.309 e. The first-order chi connectivity index (χ1) is 10.6. The zero-order chi connectivity index (χ0) is 15.9. The molecule has 0 aromatic heterocycles. The maximum atomic E-state index is 12.1. The zero-order valence-corrected chi connectivity index (χ0v) is 13.7. The topological polar surface area (TPSA) is 26.3 Å². The van der Waals surface area contributed by atoms with E-state index in [2.05, 4.69) is 11.7 Å². The molecule has 4 heteroatoms. The first-order valence-corrected chi connectivity index (χ1v) is 9.04. The molecule has 0 atom stereocenters. The average Bonchev–Trinajstić information content (AvgIpc) is 2.54. The van der Waals surface area contributed by atoms with Gasteiger partial charge in [0.2, 0.25) is 0 Å². The maximum absolute atomic E-state index is 12.1. The van der Waals surface area contributed by atoms with Crippen molar-refractivity contribution in [1.82, 2.24) is 0 Å². The fraction of sp³-hybridized carbons (Fsp3) is 0.944. The van der Waals surface area contributed by atoms with Gasteiger partial charge in [0.25, 0.3) is 6.43 Å². The van der Waals surface area contributed by atoms with Crippen molar-refractivity contribution in [3.05, 3.63) is 0 Å². The standard InChI is InChI=1S/C18H30F2O2/c1-2-3-13-4-6-14(7-5-13)15-8-10-16(11-9-15)18(21)22-12-17(19)20/h13-17H,2-12H2,1H3/t13-,14-,15-,16-. The molecule has 2 rings (SSSR count). The lowest BCUT2D eigenvalue weighted by molar-refractivity contribution is -0.154. The summed E-state index contributed by atoms with van der Waals surface area (Å²) in [4.78, 5) is 11.7. The molecule has 0 amide bonds. The molecule has 0 heterocycles. The van der Waals surface area contributed by atoms with Crippen LogP contribution in [0.4, 0.5) is 8.78 Å². The van der Waals surface area contributed by atoms with Crippen LogP contribution in [0.25, 0.3) is 0 Å². The van der Waals surface area contributed by atoms with Crippen LogP contribution in [0, 0.1) is 23.7 Å². The summed E-state index contributed by atoms with van der Waals surface area (Å²) in [6, 6.07) is 0. The molecule has 0 saturated heterocycles. The number of hydrogen-bond acceptors (Lipinski definition) is 2. The highest BCUT2D eigenvalue weighted by molar-refractivity contribution is 5.72. The lowest BCUT2D eigenvalue weighted by atomic mass is 9.69. The molecule has 2 aliphatic carbocycles. The molecule has 0 aromatic carbocycles. The van der Waals surface area contributed by atoms with Gasteiger partial charge in [0.1, 0.15) is 0 Å². The van der Waals surface area contributed by atoms with Crippen LogP contribution in [0.15, 0.2) is 0 Å². The first kappa shape index (κ1) is 17.7. The van der Waals surface area contributed by atoms with Crippen LogP contribution in [0.1, 0.15) is 71.1 Å². The second-order valence-electron chi connectivity index (χ2n) is 7.20. The fourth-order valence-electron chi connectivity index (χ4n) is 4.45. The summed E-state index contributed by atoms with van der Waals surface area (Å²) < 4.78 is 28.8. The number of carbonyl (C=O) groups excluding carboxylic acids is 1. The molecule has 22 heavy (non-hydrogen) atoms. The van der Waals surface area contributed by atoms with E-state index in [9.17, 15) is 13.6 Å². The van der Waals surface area contributed by atoms with E-state index >= 15 is 0 Å². The van der Waals surface area contributed by atoms with E-state index in [1.807, 2.05) is 0 Å². The summed E-state index contributed by atoms with van der Waals surface area (Å²) in [5.41, 5.74) is 0. The van der Waals surface area contributed by atoms with Crippen molar-refractivity contribution in [2.24, 2.45) is 23.7 Å². The normalized spacial score (nSPS) is 32.9. The number of halogens is 2. The Balaban J connectivity index is 1.68. The molecular formula is C18H30F2O2. The van der Waals surface area contributed by atoms with Crippen LogP contribution in [-0.2, 0) is 9.53 Å². The summed E-state index contributed by atoms with van der Waals surface area (Å²) in [6.45, 7) is 1.51. The van der Waals surface area contributed by atoms with E-state index in [0.717, 1.165) is 43.4 Å². The molecule has 0 N–H and O–H groups in total. The van der Waals surface area contributed by atoms with Crippen LogP contribution in [-0.4, -0.2) is 19.0 Å². The Hall–Kier alpha value is -0.670. The predicted octanol–water partition coefficient (Wildman–Crippen LogP) is 5.21. The molecule has 0 aromatic rings. The lowest BCUT2D eigenvalue weighted by Crippen LogP contribution is -2.29. The van der Waals surface area contributed by atoms with Crippen LogP contribution >= 0.6 is 0 Å². The number of esters is 1. The van der Waals surface area contributed by atoms with Gasteiger partial charge in [0.05, 0.1) is 5.92 Å². The van der Waals surface area contributed by atoms with Crippen molar-refractivity contribution < 1.29 is 18.3 Å². The van der Waals surface area contributed by atoms with Crippen LogP contribution in [0.3, 0.4) is 0 Å². The van der Waals surface area contributed by atoms with E-state index < -0.39 is 19.0 Å². The molecular weight excluding hydrogens is 286 g/mol. The summed E-state index contributed by atoms with van der Waals surface area (Å²) in [5.74, 6) is 1.94. The van der Waals surface area contributed by atoms with Crippen molar-refractivity contribution in [2.75, 3.05) is 6.61 Å². The SMILES string of the molecule is CCC[C@H]1CC[C@H]([C@H]2CC[C@H](C(=O)OCC(F)F)CC2)CC1. The Morgan fingerprint density at radius 1 is 1.00 bits per heavy atom. The Morgan fingerprint density at radius 3 is 2.05 bits per heavy atom. The molecule has 0 aliphatic heterocycles. The Bertz CT molecular complexity index is 330. The van der Waals surface area contributed by atoms with Crippen molar-refractivity contribution in [1.29, 1.82) is 0 Å². The highest BCUT2D eigenvalue weighted by Gasteiger charge is 2.33. The minimum atomic E-state index is -2.56. The third-order valence-electron chi connectivity index (χ3n) is 5.71. The first-order valence-electron chi connectivity index (χ1n) is 9.04. The molecule has 2 fully saturated rings. The van der Waals surface area contributed by atoms with Gasteiger partial charge in [0, 0.05) is 0 Å². The highest BCUT2D eigenvalue weighted by atomic mass is 19.3. The number of carbonyl (C=O) groups is 1. The highest BCUT2D eigenvalue weighted by Crippen LogP contribution is 2.42. The number of alkyl halides is 2. The molecule has 0 unspecified atom stereocenters. The fourth-order valence-corrected chi connectivity index (χ4v) is 4.45. The van der Waals surface area contributed by atoms with Gasteiger partial charge >= 0.3 is 5.97 Å². The van der Waals surface area contributed by atoms with Gasteiger partial charge in [-0.2, -0.15) is 0 Å². The monoisotopic (exact) mass is 316 g/mol. The van der Waals surface area contributed by atoms with Gasteiger partial charge in [-0.05, 0) is 56.3 Å². The van der Waals surface area contributed by atoms with Crippen molar-refractivity contribution in [3.63, 3.8) is 0 Å². The van der Waals surface area contributed by atoms with Gasteiger partial charge in [-0.3, -0.25) is 4.79 Å². The zero-order valence-electron chi connectivity index (χ0n) is 13.7. The van der Waals surface area contributed by atoms with Crippen LogP contribution in [0.5, 0.6) is 0 Å². The maximum Gasteiger partial charge on any atom is 0.309 e. The molecule has 0 spiro atoms.